The van der Waals surface area contributed by atoms with E-state index >= 15 is 0 Å². The lowest BCUT2D eigenvalue weighted by Crippen LogP contribution is -2.40. The van der Waals surface area contributed by atoms with Crippen molar-refractivity contribution in [3.8, 4) is 67.5 Å². The minimum atomic E-state index is -0.718. The number of rotatable bonds is 14. The molecule has 6 aliphatic heterocycles. The highest BCUT2D eigenvalue weighted by atomic mass is 35.5. The first-order valence-corrected chi connectivity index (χ1v) is 38.9. The van der Waals surface area contributed by atoms with E-state index in [1.807, 2.05) is 98.2 Å². The summed E-state index contributed by atoms with van der Waals surface area (Å²) < 4.78 is 40.0. The molecule has 0 aliphatic carbocycles. The highest BCUT2D eigenvalue weighted by Gasteiger charge is 2.36. The lowest BCUT2D eigenvalue weighted by Gasteiger charge is -2.29. The number of fused-ring (bicyclic) bond motifs is 6. The number of ether oxygens (including phenoxy) is 4. The third-order valence-electron chi connectivity index (χ3n) is 21.9. The molecule has 3 atom stereocenters. The molecule has 3 aromatic carbocycles. The molecule has 6 aliphatic rings. The van der Waals surface area contributed by atoms with Gasteiger partial charge in [0.1, 0.15) is 47.8 Å². The molecular weight excluding hydrogens is 1450 g/mol. The second-order valence-electron chi connectivity index (χ2n) is 29.8. The number of methoxy groups -OCH3 is 1. The van der Waals surface area contributed by atoms with E-state index in [0.717, 1.165) is 195 Å². The quantitative estimate of drug-likeness (QED) is 0.0855. The largest absolute Gasteiger partial charge is 0.453 e. The molecule has 31 nitrogen and oxygen atoms in total. The van der Waals surface area contributed by atoms with E-state index in [9.17, 15) is 19.5 Å². The summed E-state index contributed by atoms with van der Waals surface area (Å²) in [6.45, 7) is 21.9. The predicted molar refractivity (Wildman–Crippen MR) is 425 cm³/mol. The Balaban J connectivity index is 0.000000128. The van der Waals surface area contributed by atoms with E-state index in [0.29, 0.717) is 70.5 Å². The molecule has 12 aromatic rings. The molecule has 0 bridgehead atoms. The molecule has 3 saturated heterocycles. The summed E-state index contributed by atoms with van der Waals surface area (Å²) in [4.78, 5) is 55.2. The van der Waals surface area contributed by atoms with Crippen LogP contribution in [0.3, 0.4) is 0 Å². The van der Waals surface area contributed by atoms with Crippen LogP contribution in [0.1, 0.15) is 106 Å². The zero-order chi connectivity index (χ0) is 78.8. The molecule has 15 heterocycles. The van der Waals surface area contributed by atoms with Gasteiger partial charge in [0.2, 0.25) is 11.1 Å². The highest BCUT2D eigenvalue weighted by Crippen LogP contribution is 2.41. The van der Waals surface area contributed by atoms with Gasteiger partial charge in [-0.2, -0.15) is 30.6 Å². The number of aliphatic hydroxyl groups is 2. The van der Waals surface area contributed by atoms with Crippen molar-refractivity contribution in [2.45, 2.75) is 123 Å². The second kappa shape index (κ2) is 34.0. The zero-order valence-corrected chi connectivity index (χ0v) is 66.7. The van der Waals surface area contributed by atoms with Crippen LogP contribution in [0, 0.1) is 0 Å². The van der Waals surface area contributed by atoms with E-state index in [-0.39, 0.29) is 23.8 Å². The van der Waals surface area contributed by atoms with Gasteiger partial charge in [0.15, 0.2) is 0 Å². The van der Waals surface area contributed by atoms with Crippen LogP contribution in [0.2, 0.25) is 0 Å². The molecular formula is C80H101ClN22O9. The van der Waals surface area contributed by atoms with Gasteiger partial charge in [-0.15, -0.1) is 0 Å². The summed E-state index contributed by atoms with van der Waals surface area (Å²) in [5.41, 5.74) is 18.1. The Morgan fingerprint density at radius 2 is 0.902 bits per heavy atom. The molecule has 3 N–H and O–H groups in total. The summed E-state index contributed by atoms with van der Waals surface area (Å²) >= 11 is 4.57. The van der Waals surface area contributed by atoms with Gasteiger partial charge < -0.3 is 58.0 Å². The number of benzene rings is 3. The summed E-state index contributed by atoms with van der Waals surface area (Å²) in [6.07, 6.45) is 14.1. The van der Waals surface area contributed by atoms with Gasteiger partial charge in [0, 0.05) is 206 Å². The molecule has 0 radical (unpaired) electrons. The number of imidazole rings is 3. The summed E-state index contributed by atoms with van der Waals surface area (Å²) in [5.74, 6) is 3.90. The monoisotopic (exact) mass is 1550 g/mol. The fraction of sp³-hybridized carbons (Fsp3) is 0.475. The van der Waals surface area contributed by atoms with Crippen molar-refractivity contribution in [3.05, 3.63) is 126 Å². The molecule has 18 rings (SSSR count). The second-order valence-corrected chi connectivity index (χ2v) is 30.2. The van der Waals surface area contributed by atoms with Crippen molar-refractivity contribution < 1.29 is 43.5 Å². The SMILES string of the molecule is CCN(C(C)C)C(C)C.COC(=O)N1CCn2c(C3CCOC3)nc(-c3ccc4c(c3)c(-c3cnn(C)c3)nn4C)c2C1.Cn1cc(-c2nn(C)c3ccc(-c4nc(C5CCOC5)n5c4CN(C(=O)CO)CC5)cc23)cn1.Cn1cc(-c2nn(C)c3ccc(-c4nc(C5CCOC5)n5c4CNCC5)cc23)cn1.O=C(Cl)CO. The van der Waals surface area contributed by atoms with Crippen molar-refractivity contribution >= 4 is 61.6 Å². The van der Waals surface area contributed by atoms with Crippen molar-refractivity contribution in [3.63, 3.8) is 0 Å². The van der Waals surface area contributed by atoms with Gasteiger partial charge in [0.25, 0.3) is 0 Å². The Morgan fingerprint density at radius 1 is 0.527 bits per heavy atom. The van der Waals surface area contributed by atoms with Gasteiger partial charge in [-0.25, -0.2) is 19.7 Å². The van der Waals surface area contributed by atoms with Crippen LogP contribution in [-0.2, 0) is 110 Å². The van der Waals surface area contributed by atoms with Gasteiger partial charge in [0.05, 0.1) is 109 Å². The number of hydrogen-bond acceptors (Lipinski definition) is 20. The normalized spacial score (nSPS) is 17.3. The Hall–Kier alpha value is -10.3. The number of nitrogens with zero attached hydrogens (tertiary/aromatic N) is 21. The molecule has 3 fully saturated rings. The average Bonchev–Trinajstić information content (AvgIpc) is 1.61. The Bertz CT molecular complexity index is 5140. The lowest BCUT2D eigenvalue weighted by molar-refractivity contribution is -0.135. The zero-order valence-electron chi connectivity index (χ0n) is 65.9. The number of hydrogen-bond donors (Lipinski definition) is 3. The summed E-state index contributed by atoms with van der Waals surface area (Å²) in [6, 6.07) is 20.5. The number of halogens is 1. The lowest BCUT2D eigenvalue weighted by atomic mass is 10.0. The van der Waals surface area contributed by atoms with Gasteiger partial charge in [-0.3, -0.25) is 42.6 Å². The van der Waals surface area contributed by atoms with Gasteiger partial charge in [-0.1, -0.05) is 25.1 Å². The third kappa shape index (κ3) is 16.1. The standard InChI is InChI=1S/2C24H27N7O3.C22H25N7O.C8H19N.C2H3ClO2/c1-28-12-17(11-25-28)21-18-10-15(4-5-19(18)29(2)27-21)22-20-13-30(24(32)33-3)7-8-31(20)23(26-22)16-6-9-34-14-16;1-28-11-17(10-25-28)22-18-9-15(3-4-19(18)29(2)27-22)23-20-12-30(21(33)13-32)6-7-31(20)24(26-23)16-5-8-34-14-16;1-27-12-16(10-24-27)20-17-9-14(3-4-18(17)28(2)26-20)21-19-11-23-6-7-29(19)22(25-21)15-5-8-30-13-15;1-6-9(7(2)3)8(4)5;3-2(5)1-4/h4-5,10-12,16H,6-9,13-14H2,1-3H3;3-4,9-11,16,32H,5-8,12-14H2,1-2H3;3-4,9-10,12,15,23H,5-8,11,13H2,1-2H3;7-8H,6H2,1-5H3;4H,1H2. The van der Waals surface area contributed by atoms with Gasteiger partial charge >= 0.3 is 6.09 Å². The minimum absolute atomic E-state index is 0.251. The van der Waals surface area contributed by atoms with E-state index < -0.39 is 18.5 Å². The number of nitrogens with one attached hydrogen (secondary N) is 1. The van der Waals surface area contributed by atoms with Crippen LogP contribution in [0.15, 0.2) is 91.8 Å². The molecule has 112 heavy (non-hydrogen) atoms. The fourth-order valence-corrected chi connectivity index (χ4v) is 16.4. The molecule has 32 heteroatoms. The first-order chi connectivity index (χ1) is 54.1. The Kier molecular flexibility index (Phi) is 23.8. The summed E-state index contributed by atoms with van der Waals surface area (Å²) in [7, 11) is 13.0. The molecule has 9 aromatic heterocycles. The van der Waals surface area contributed by atoms with E-state index in [1.54, 1.807) is 19.2 Å². The topological polar surface area (TPSA) is 311 Å². The number of carbonyl (C=O) groups excluding carboxylic acids is 3. The van der Waals surface area contributed by atoms with E-state index in [4.69, 9.17) is 54.3 Å². The van der Waals surface area contributed by atoms with Crippen LogP contribution in [0.4, 0.5) is 4.79 Å². The Labute approximate surface area is 654 Å². The van der Waals surface area contributed by atoms with Crippen LogP contribution in [-0.4, -0.2) is 228 Å². The van der Waals surface area contributed by atoms with E-state index in [2.05, 4.69) is 140 Å². The van der Waals surface area contributed by atoms with E-state index in [1.165, 1.54) is 18.6 Å². The maximum absolute atomic E-state index is 12.3. The number of amides is 2. The molecule has 592 valence electrons. The maximum Gasteiger partial charge on any atom is 0.409 e. The number of aliphatic hydroxyl groups excluding tert-OH is 2. The molecule has 3 unspecified atom stereocenters. The first-order valence-electron chi connectivity index (χ1n) is 38.5. The van der Waals surface area contributed by atoms with Crippen molar-refractivity contribution in [1.82, 2.24) is 107 Å². The first kappa shape index (κ1) is 78.4. The van der Waals surface area contributed by atoms with Gasteiger partial charge in [-0.05, 0) is 102 Å². The molecule has 0 spiro atoms. The van der Waals surface area contributed by atoms with Crippen LogP contribution in [0.25, 0.3) is 100 Å². The van der Waals surface area contributed by atoms with Crippen molar-refractivity contribution in [2.75, 3.05) is 86.1 Å². The number of aromatic nitrogens is 18. The van der Waals surface area contributed by atoms with Crippen LogP contribution < -0.4 is 5.32 Å². The average molecular weight is 1550 g/mol. The molecule has 2 amide bonds. The van der Waals surface area contributed by atoms with Crippen LogP contribution in [0.5, 0.6) is 0 Å². The fourth-order valence-electron chi connectivity index (χ4n) is 16.4. The maximum atomic E-state index is 12.3. The van der Waals surface area contributed by atoms with Crippen molar-refractivity contribution in [1.29, 1.82) is 0 Å². The van der Waals surface area contributed by atoms with Crippen molar-refractivity contribution in [2.24, 2.45) is 42.3 Å². The highest BCUT2D eigenvalue weighted by molar-refractivity contribution is 6.63. The number of carbonyl (C=O) groups is 3. The molecule has 0 saturated carbocycles. The van der Waals surface area contributed by atoms with Crippen LogP contribution >= 0.6 is 11.6 Å². The predicted octanol–water partition coefficient (Wildman–Crippen LogP) is 8.91. The number of aryl methyl sites for hydroxylation is 6. The summed E-state index contributed by atoms with van der Waals surface area (Å²) in [5, 5.41) is 50.3. The Morgan fingerprint density at radius 3 is 1.22 bits per heavy atom. The minimum Gasteiger partial charge on any atom is -0.453 e. The smallest absolute Gasteiger partial charge is 0.409 e. The third-order valence-corrected chi connectivity index (χ3v) is 22.0.